The van der Waals surface area contributed by atoms with Crippen molar-refractivity contribution in [3.8, 4) is 0 Å². The van der Waals surface area contributed by atoms with Gasteiger partial charge in [-0.3, -0.25) is 4.79 Å². The normalized spacial score (nSPS) is 22.4. The molecule has 0 aromatic heterocycles. The summed E-state index contributed by atoms with van der Waals surface area (Å²) in [6.45, 7) is 3.15. The van der Waals surface area contributed by atoms with E-state index in [1.165, 1.54) is 0 Å². The van der Waals surface area contributed by atoms with Gasteiger partial charge in [-0.25, -0.2) is 0 Å². The highest BCUT2D eigenvalue weighted by Crippen LogP contribution is 2.26. The zero-order valence-electron chi connectivity index (χ0n) is 11.4. The fourth-order valence-corrected chi connectivity index (χ4v) is 2.47. The maximum atomic E-state index is 12.2. The van der Waals surface area contributed by atoms with E-state index in [9.17, 15) is 4.79 Å². The van der Waals surface area contributed by atoms with Crippen molar-refractivity contribution in [3.05, 3.63) is 29.8 Å². The van der Waals surface area contributed by atoms with Gasteiger partial charge in [-0.2, -0.15) is 0 Å². The number of nitrogens with one attached hydrogen (secondary N) is 1. The Morgan fingerprint density at radius 3 is 2.89 bits per heavy atom. The van der Waals surface area contributed by atoms with E-state index in [2.05, 4.69) is 5.32 Å². The molecular weight excluding hydrogens is 240 g/mol. The number of nitrogens with two attached hydrogens (primary N) is 1. The van der Waals surface area contributed by atoms with Crippen molar-refractivity contribution in [1.82, 2.24) is 0 Å². The average molecular weight is 262 g/mol. The molecule has 1 aliphatic rings. The van der Waals surface area contributed by atoms with E-state index >= 15 is 0 Å². The van der Waals surface area contributed by atoms with Gasteiger partial charge >= 0.3 is 0 Å². The van der Waals surface area contributed by atoms with Gasteiger partial charge in [0.25, 0.3) is 0 Å². The molecule has 0 radical (unpaired) electrons. The van der Waals surface area contributed by atoms with Crippen molar-refractivity contribution in [2.45, 2.75) is 38.8 Å². The number of benzene rings is 1. The quantitative estimate of drug-likeness (QED) is 0.855. The number of carbonyl (C=O) groups excluding carboxylic acids is 1. The van der Waals surface area contributed by atoms with Gasteiger partial charge in [0, 0.05) is 29.8 Å². The molecule has 1 saturated carbocycles. The number of amides is 1. The molecule has 0 bridgehead atoms. The lowest BCUT2D eigenvalue weighted by molar-refractivity contribution is -0.119. The molecule has 1 aromatic rings. The molecule has 2 atom stereocenters. The van der Waals surface area contributed by atoms with Crippen LogP contribution in [0, 0.1) is 5.92 Å². The second-order valence-electron chi connectivity index (χ2n) is 5.05. The summed E-state index contributed by atoms with van der Waals surface area (Å²) in [4.78, 5) is 12.2. The molecule has 0 saturated heterocycles. The van der Waals surface area contributed by atoms with Gasteiger partial charge in [0.15, 0.2) is 0 Å². The molecule has 1 fully saturated rings. The molecule has 2 rings (SSSR count). The maximum Gasteiger partial charge on any atom is 0.227 e. The third-order valence-corrected chi connectivity index (χ3v) is 3.58. The van der Waals surface area contributed by atoms with Crippen LogP contribution in [-0.4, -0.2) is 18.6 Å². The van der Waals surface area contributed by atoms with Crippen LogP contribution in [0.5, 0.6) is 0 Å². The van der Waals surface area contributed by atoms with Gasteiger partial charge in [-0.15, -0.1) is 0 Å². The zero-order valence-corrected chi connectivity index (χ0v) is 11.4. The topological polar surface area (TPSA) is 64.3 Å². The van der Waals surface area contributed by atoms with Crippen LogP contribution in [0.15, 0.2) is 24.3 Å². The van der Waals surface area contributed by atoms with Gasteiger partial charge in [-0.05, 0) is 32.3 Å². The lowest BCUT2D eigenvalue weighted by Crippen LogP contribution is -2.23. The molecule has 2 unspecified atom stereocenters. The summed E-state index contributed by atoms with van der Waals surface area (Å²) in [5.41, 5.74) is 7.71. The highest BCUT2D eigenvalue weighted by molar-refractivity contribution is 5.93. The Labute approximate surface area is 114 Å². The van der Waals surface area contributed by atoms with E-state index in [1.54, 1.807) is 0 Å². The van der Waals surface area contributed by atoms with E-state index in [1.807, 2.05) is 31.2 Å². The van der Waals surface area contributed by atoms with Crippen LogP contribution in [0.4, 0.5) is 5.69 Å². The predicted molar refractivity (Wildman–Crippen MR) is 75.7 cm³/mol. The molecule has 19 heavy (non-hydrogen) atoms. The van der Waals surface area contributed by atoms with Crippen LogP contribution in [0.1, 0.15) is 31.7 Å². The van der Waals surface area contributed by atoms with Crippen molar-refractivity contribution >= 4 is 11.6 Å². The number of para-hydroxylation sites is 1. The van der Waals surface area contributed by atoms with Crippen LogP contribution < -0.4 is 11.1 Å². The fourth-order valence-electron chi connectivity index (χ4n) is 2.47. The number of hydrogen-bond acceptors (Lipinski definition) is 3. The molecule has 4 nitrogen and oxygen atoms in total. The van der Waals surface area contributed by atoms with Crippen molar-refractivity contribution in [2.24, 2.45) is 11.7 Å². The first-order valence-corrected chi connectivity index (χ1v) is 6.92. The fraction of sp³-hybridized carbons (Fsp3) is 0.533. The predicted octanol–water partition coefficient (Wildman–Crippen LogP) is 2.29. The van der Waals surface area contributed by atoms with Crippen LogP contribution in [0.25, 0.3) is 0 Å². The molecule has 0 heterocycles. The average Bonchev–Trinajstić information content (AvgIpc) is 2.84. The van der Waals surface area contributed by atoms with Crippen molar-refractivity contribution in [1.29, 1.82) is 0 Å². The molecule has 1 aliphatic carbocycles. The number of rotatable bonds is 5. The summed E-state index contributed by atoms with van der Waals surface area (Å²) < 4.78 is 5.41. The lowest BCUT2D eigenvalue weighted by atomic mass is 10.1. The van der Waals surface area contributed by atoms with Gasteiger partial charge < -0.3 is 15.8 Å². The maximum absolute atomic E-state index is 12.2. The third-order valence-electron chi connectivity index (χ3n) is 3.58. The Morgan fingerprint density at radius 1 is 1.42 bits per heavy atom. The first kappa shape index (κ1) is 14.0. The minimum absolute atomic E-state index is 0.0511. The lowest BCUT2D eigenvalue weighted by Gasteiger charge is -2.14. The molecule has 1 aromatic carbocycles. The Hall–Kier alpha value is -1.39. The van der Waals surface area contributed by atoms with Gasteiger partial charge in [0.05, 0.1) is 6.61 Å². The SMILES string of the molecule is CCOCc1ccccc1NC(=O)C1CCC(N)C1. The summed E-state index contributed by atoms with van der Waals surface area (Å²) in [7, 11) is 0. The Bertz CT molecular complexity index is 434. The highest BCUT2D eigenvalue weighted by Gasteiger charge is 2.27. The smallest absolute Gasteiger partial charge is 0.227 e. The molecular formula is C15H22N2O2. The number of ether oxygens (including phenoxy) is 1. The Kier molecular flexibility index (Phi) is 4.93. The van der Waals surface area contributed by atoms with Crippen LogP contribution in [0.2, 0.25) is 0 Å². The molecule has 0 spiro atoms. The second kappa shape index (κ2) is 6.68. The van der Waals surface area contributed by atoms with Crippen molar-refractivity contribution < 1.29 is 9.53 Å². The van der Waals surface area contributed by atoms with Gasteiger partial charge in [0.1, 0.15) is 0 Å². The van der Waals surface area contributed by atoms with E-state index in [4.69, 9.17) is 10.5 Å². The summed E-state index contributed by atoms with van der Waals surface area (Å²) >= 11 is 0. The summed E-state index contributed by atoms with van der Waals surface area (Å²) in [5.74, 6) is 0.132. The van der Waals surface area contributed by atoms with E-state index in [0.29, 0.717) is 13.2 Å². The van der Waals surface area contributed by atoms with E-state index < -0.39 is 0 Å². The Morgan fingerprint density at radius 2 is 2.21 bits per heavy atom. The van der Waals surface area contributed by atoms with Gasteiger partial charge in [0.2, 0.25) is 5.91 Å². The second-order valence-corrected chi connectivity index (χ2v) is 5.05. The standard InChI is InChI=1S/C15H22N2O2/c1-2-19-10-12-5-3-4-6-14(12)17-15(18)11-7-8-13(16)9-11/h3-6,11,13H,2,7-10,16H2,1H3,(H,17,18). The summed E-state index contributed by atoms with van der Waals surface area (Å²) in [6.07, 6.45) is 2.62. The monoisotopic (exact) mass is 262 g/mol. The zero-order chi connectivity index (χ0) is 13.7. The molecule has 1 amide bonds. The summed E-state index contributed by atoms with van der Waals surface area (Å²) in [6, 6.07) is 7.95. The van der Waals surface area contributed by atoms with Crippen molar-refractivity contribution in [2.75, 3.05) is 11.9 Å². The first-order valence-electron chi connectivity index (χ1n) is 6.92. The van der Waals surface area contributed by atoms with Crippen LogP contribution in [-0.2, 0) is 16.1 Å². The van der Waals surface area contributed by atoms with Gasteiger partial charge in [-0.1, -0.05) is 18.2 Å². The number of anilines is 1. The molecule has 3 N–H and O–H groups in total. The van der Waals surface area contributed by atoms with Crippen molar-refractivity contribution in [3.63, 3.8) is 0 Å². The molecule has 0 aliphatic heterocycles. The Balaban J connectivity index is 2.00. The number of hydrogen-bond donors (Lipinski definition) is 2. The van der Waals surface area contributed by atoms with Crippen LogP contribution in [0.3, 0.4) is 0 Å². The van der Waals surface area contributed by atoms with Crippen LogP contribution >= 0.6 is 0 Å². The van der Waals surface area contributed by atoms with E-state index in [0.717, 1.165) is 30.5 Å². The minimum Gasteiger partial charge on any atom is -0.377 e. The van der Waals surface area contributed by atoms with E-state index in [-0.39, 0.29) is 17.9 Å². The highest BCUT2D eigenvalue weighted by atomic mass is 16.5. The third kappa shape index (κ3) is 3.78. The summed E-state index contributed by atoms with van der Waals surface area (Å²) in [5, 5.41) is 3.01. The first-order chi connectivity index (χ1) is 9.20. The molecule has 104 valence electrons. The number of carbonyl (C=O) groups is 1. The largest absolute Gasteiger partial charge is 0.377 e. The molecule has 4 heteroatoms. The minimum atomic E-state index is 0.0511.